The fourth-order valence-electron chi connectivity index (χ4n) is 3.95. The van der Waals surface area contributed by atoms with Crippen LogP contribution in [0.3, 0.4) is 0 Å². The monoisotopic (exact) mass is 499 g/mol. The maximum atomic E-state index is 12.9. The van der Waals surface area contributed by atoms with Gasteiger partial charge < -0.3 is 15.1 Å². The molecule has 0 radical (unpaired) electrons. The van der Waals surface area contributed by atoms with E-state index in [1.54, 1.807) is 27.0 Å². The molecule has 34 heavy (non-hydrogen) atoms. The summed E-state index contributed by atoms with van der Waals surface area (Å²) in [5.41, 5.74) is -1.50. The van der Waals surface area contributed by atoms with Crippen molar-refractivity contribution in [2.45, 2.75) is 134 Å². The number of hydrogen-bond donors (Lipinski definition) is 2. The van der Waals surface area contributed by atoms with Gasteiger partial charge in [0.2, 0.25) is 5.91 Å². The maximum Gasteiger partial charge on any atom is 0.331 e. The topological polar surface area (TPSA) is 94.9 Å². The Hall–Kier alpha value is -1.50. The third-order valence-electron chi connectivity index (χ3n) is 6.88. The number of unbranched alkanes of at least 4 members (excludes halogenated alkanes) is 12. The number of carbonyl (C=O) groups is 3. The average molecular weight is 500 g/mol. The molecule has 0 aliphatic heterocycles. The van der Waals surface area contributed by atoms with Gasteiger partial charge in [0.1, 0.15) is 0 Å². The van der Waals surface area contributed by atoms with Gasteiger partial charge in [-0.1, -0.05) is 83.6 Å². The first-order chi connectivity index (χ1) is 16.0. The van der Waals surface area contributed by atoms with E-state index < -0.39 is 28.1 Å². The lowest BCUT2D eigenvalue weighted by atomic mass is 9.85. The summed E-state index contributed by atoms with van der Waals surface area (Å²) in [7, 11) is 0. The number of hydrogen-bond acceptors (Lipinski definition) is 4. The minimum Gasteiger partial charge on any atom is -0.481 e. The lowest BCUT2D eigenvalue weighted by Crippen LogP contribution is -2.63. The van der Waals surface area contributed by atoms with E-state index in [2.05, 4.69) is 6.92 Å². The van der Waals surface area contributed by atoms with E-state index in [0.717, 1.165) is 19.3 Å². The molecule has 0 saturated heterocycles. The predicted molar refractivity (Wildman–Crippen MR) is 142 cm³/mol. The van der Waals surface area contributed by atoms with Gasteiger partial charge in [-0.25, -0.2) is 4.79 Å². The van der Waals surface area contributed by atoms with Gasteiger partial charge in [-0.2, -0.15) is 11.8 Å². The summed E-state index contributed by atoms with van der Waals surface area (Å²) in [5.74, 6) is -2.67. The van der Waals surface area contributed by atoms with Crippen LogP contribution in [-0.4, -0.2) is 49.5 Å². The molecule has 0 aromatic heterocycles. The number of allylic oxidation sites excluding steroid dienone is 1. The van der Waals surface area contributed by atoms with Crippen molar-refractivity contribution < 1.29 is 24.6 Å². The van der Waals surface area contributed by atoms with Gasteiger partial charge in [-0.05, 0) is 39.9 Å². The van der Waals surface area contributed by atoms with Gasteiger partial charge in [-0.3, -0.25) is 9.59 Å². The van der Waals surface area contributed by atoms with Crippen molar-refractivity contribution >= 4 is 29.6 Å². The van der Waals surface area contributed by atoms with Crippen LogP contribution in [0, 0.1) is 0 Å². The smallest absolute Gasteiger partial charge is 0.331 e. The number of amides is 1. The van der Waals surface area contributed by atoms with Crippen molar-refractivity contribution in [3.05, 3.63) is 12.3 Å². The third kappa shape index (κ3) is 11.8. The molecular formula is C27H49NO5S. The summed E-state index contributed by atoms with van der Waals surface area (Å²) in [6, 6.07) is 0. The number of carbonyl (C=O) groups excluding carboxylic acids is 1. The number of carboxylic acids is 2. The Balaban J connectivity index is 4.68. The summed E-state index contributed by atoms with van der Waals surface area (Å²) >= 11 is 1.37. The highest BCUT2D eigenvalue weighted by Gasteiger charge is 2.52. The van der Waals surface area contributed by atoms with E-state index in [-0.39, 0.29) is 12.8 Å². The Bertz CT molecular complexity index is 635. The Kier molecular flexibility index (Phi) is 17.1. The summed E-state index contributed by atoms with van der Waals surface area (Å²) in [6.07, 6.45) is 20.7. The van der Waals surface area contributed by atoms with E-state index in [9.17, 15) is 19.5 Å². The second kappa shape index (κ2) is 17.9. The molecule has 0 aromatic carbocycles. The van der Waals surface area contributed by atoms with Crippen LogP contribution in [0.4, 0.5) is 0 Å². The number of aliphatic carboxylic acids is 2. The molecule has 198 valence electrons. The molecule has 1 amide bonds. The molecular weight excluding hydrogens is 450 g/mol. The van der Waals surface area contributed by atoms with Crippen molar-refractivity contribution in [3.63, 3.8) is 0 Å². The SMILES string of the molecule is CCCCCCCCCCCCCCC=CN(C(=O)CCC(=O)O)[C@](C)(C(=O)O)C(C)(C)SC. The van der Waals surface area contributed by atoms with E-state index in [1.165, 1.54) is 80.9 Å². The molecule has 0 aromatic rings. The first-order valence-corrected chi connectivity index (χ1v) is 14.3. The molecule has 6 nitrogen and oxygen atoms in total. The second-order valence-electron chi connectivity index (χ2n) is 9.81. The van der Waals surface area contributed by atoms with Gasteiger partial charge in [0.05, 0.1) is 6.42 Å². The minimum atomic E-state index is -1.50. The zero-order chi connectivity index (χ0) is 26.0. The highest BCUT2D eigenvalue weighted by Crippen LogP contribution is 2.39. The Labute approximate surface area is 211 Å². The molecule has 0 bridgehead atoms. The molecule has 0 heterocycles. The molecule has 0 fully saturated rings. The second-order valence-corrected chi connectivity index (χ2v) is 11.2. The van der Waals surface area contributed by atoms with Crippen LogP contribution in [0.15, 0.2) is 12.3 Å². The average Bonchev–Trinajstić information content (AvgIpc) is 2.79. The summed E-state index contributed by atoms with van der Waals surface area (Å²) < 4.78 is -0.780. The molecule has 0 rings (SSSR count). The van der Waals surface area contributed by atoms with E-state index in [0.29, 0.717) is 0 Å². The van der Waals surface area contributed by atoms with Crippen molar-refractivity contribution in [3.8, 4) is 0 Å². The Morgan fingerprint density at radius 2 is 1.26 bits per heavy atom. The predicted octanol–water partition coefficient (Wildman–Crippen LogP) is 7.27. The zero-order valence-electron chi connectivity index (χ0n) is 22.2. The van der Waals surface area contributed by atoms with Crippen molar-refractivity contribution in [2.24, 2.45) is 0 Å². The molecule has 1 atom stereocenters. The van der Waals surface area contributed by atoms with Gasteiger partial charge in [0.15, 0.2) is 5.54 Å². The van der Waals surface area contributed by atoms with Crippen LogP contribution in [0.25, 0.3) is 0 Å². The molecule has 0 aliphatic carbocycles. The minimum absolute atomic E-state index is 0.231. The zero-order valence-corrected chi connectivity index (χ0v) is 23.1. The quantitative estimate of drug-likeness (QED) is 0.161. The van der Waals surface area contributed by atoms with Crippen molar-refractivity contribution in [1.82, 2.24) is 4.90 Å². The van der Waals surface area contributed by atoms with Gasteiger partial charge in [0, 0.05) is 17.4 Å². The molecule has 0 saturated carbocycles. The van der Waals surface area contributed by atoms with Crippen LogP contribution in [0.2, 0.25) is 0 Å². The van der Waals surface area contributed by atoms with Crippen molar-refractivity contribution in [2.75, 3.05) is 6.26 Å². The highest BCUT2D eigenvalue weighted by molar-refractivity contribution is 8.00. The highest BCUT2D eigenvalue weighted by atomic mass is 32.2. The largest absolute Gasteiger partial charge is 0.481 e. The van der Waals surface area contributed by atoms with E-state index in [1.807, 2.05) is 12.3 Å². The van der Waals surface area contributed by atoms with Crippen LogP contribution in [0.5, 0.6) is 0 Å². The number of thioether (sulfide) groups is 1. The first-order valence-electron chi connectivity index (χ1n) is 13.0. The molecule has 0 aliphatic rings. The van der Waals surface area contributed by atoms with E-state index in [4.69, 9.17) is 5.11 Å². The molecule has 7 heteroatoms. The van der Waals surface area contributed by atoms with Crippen LogP contribution in [-0.2, 0) is 14.4 Å². The molecule has 2 N–H and O–H groups in total. The fraction of sp³-hybridized carbons (Fsp3) is 0.815. The Morgan fingerprint density at radius 3 is 1.68 bits per heavy atom. The fourth-order valence-corrected chi connectivity index (χ4v) is 4.53. The first kappa shape index (κ1) is 32.5. The number of carboxylic acid groups (broad SMARTS) is 2. The normalized spacial score (nSPS) is 13.7. The van der Waals surface area contributed by atoms with Crippen molar-refractivity contribution in [1.29, 1.82) is 0 Å². The number of rotatable bonds is 21. The maximum absolute atomic E-state index is 12.9. The lowest BCUT2D eigenvalue weighted by molar-refractivity contribution is -0.157. The van der Waals surface area contributed by atoms with Gasteiger partial charge in [-0.15, -0.1) is 0 Å². The van der Waals surface area contributed by atoms with Crippen LogP contribution < -0.4 is 0 Å². The third-order valence-corrected chi connectivity index (χ3v) is 8.30. The van der Waals surface area contributed by atoms with E-state index >= 15 is 0 Å². The van der Waals surface area contributed by atoms with Crippen LogP contribution >= 0.6 is 11.8 Å². The van der Waals surface area contributed by atoms with Gasteiger partial charge >= 0.3 is 11.9 Å². The molecule has 0 unspecified atom stereocenters. The number of nitrogens with zero attached hydrogens (tertiary/aromatic N) is 1. The summed E-state index contributed by atoms with van der Waals surface area (Å²) in [6.45, 7) is 7.37. The molecule has 0 spiro atoms. The lowest BCUT2D eigenvalue weighted by Gasteiger charge is -2.46. The van der Waals surface area contributed by atoms with Gasteiger partial charge in [0.25, 0.3) is 0 Å². The Morgan fingerprint density at radius 1 is 0.794 bits per heavy atom. The summed E-state index contributed by atoms with van der Waals surface area (Å²) in [5, 5.41) is 19.0. The van der Waals surface area contributed by atoms with Crippen LogP contribution in [0.1, 0.15) is 124 Å². The summed E-state index contributed by atoms with van der Waals surface area (Å²) in [4.78, 5) is 37.4. The standard InChI is InChI=1S/C27H49NO5S/c1-6-7-8-9-10-11-12-13-14-15-16-17-18-19-22-28(23(29)20-21-24(30)31)27(4,25(32)33)26(2,3)34-5/h19,22H,6-18,20-21H2,1-5H3,(H,30,31)(H,32,33)/t27-/m1/s1.